The molecule has 2 aliphatic rings. The Bertz CT molecular complexity index is 787. The summed E-state index contributed by atoms with van der Waals surface area (Å²) in [6, 6.07) is 10.8. The number of rotatable bonds is 5. The summed E-state index contributed by atoms with van der Waals surface area (Å²) in [6.45, 7) is 6.20. The number of aryl methyl sites for hydroxylation is 1. The lowest BCUT2D eigenvalue weighted by Gasteiger charge is -2.35. The number of halogens is 1. The summed E-state index contributed by atoms with van der Waals surface area (Å²) < 4.78 is 7.81. The molecule has 0 spiro atoms. The van der Waals surface area contributed by atoms with Gasteiger partial charge in [0, 0.05) is 37.3 Å². The van der Waals surface area contributed by atoms with Crippen molar-refractivity contribution >= 4 is 29.9 Å². The summed E-state index contributed by atoms with van der Waals surface area (Å²) in [6.07, 6.45) is 6.42. The van der Waals surface area contributed by atoms with Crippen LogP contribution in [-0.2, 0) is 17.2 Å². The fourth-order valence-corrected chi connectivity index (χ4v) is 3.78. The van der Waals surface area contributed by atoms with E-state index in [-0.39, 0.29) is 35.5 Å². The van der Waals surface area contributed by atoms with Gasteiger partial charge in [-0.3, -0.25) is 9.67 Å². The van der Waals surface area contributed by atoms with E-state index in [0.29, 0.717) is 6.61 Å². The van der Waals surface area contributed by atoms with Crippen LogP contribution in [-0.4, -0.2) is 53.4 Å². The van der Waals surface area contributed by atoms with Gasteiger partial charge in [-0.2, -0.15) is 5.10 Å². The van der Waals surface area contributed by atoms with Crippen LogP contribution in [0.2, 0.25) is 0 Å². The first-order valence-electron chi connectivity index (χ1n) is 9.89. The number of nitrogens with zero attached hydrogens (tertiary/aromatic N) is 4. The van der Waals surface area contributed by atoms with Crippen molar-refractivity contribution in [2.45, 2.75) is 31.3 Å². The van der Waals surface area contributed by atoms with Crippen LogP contribution in [0.1, 0.15) is 37.0 Å². The molecule has 1 aliphatic carbocycles. The monoisotopic (exact) mass is 495 g/mol. The van der Waals surface area contributed by atoms with Crippen LogP contribution in [0.25, 0.3) is 0 Å². The molecule has 1 aromatic carbocycles. The zero-order valence-corrected chi connectivity index (χ0v) is 19.0. The van der Waals surface area contributed by atoms with E-state index < -0.39 is 0 Å². The second kappa shape index (κ2) is 9.26. The number of ether oxygens (including phenoxy) is 1. The number of hydrogen-bond acceptors (Lipinski definition) is 3. The number of aliphatic imine (C=N–C) groups is 1. The number of aromatic nitrogens is 2. The fraction of sp³-hybridized carbons (Fsp3) is 0.524. The van der Waals surface area contributed by atoms with Gasteiger partial charge in [-0.05, 0) is 25.3 Å². The first kappa shape index (κ1) is 21.1. The van der Waals surface area contributed by atoms with Gasteiger partial charge in [0.25, 0.3) is 0 Å². The highest BCUT2D eigenvalue weighted by Gasteiger charge is 2.44. The van der Waals surface area contributed by atoms with E-state index in [1.807, 2.05) is 24.1 Å². The van der Waals surface area contributed by atoms with Crippen LogP contribution in [0, 0.1) is 0 Å². The van der Waals surface area contributed by atoms with Gasteiger partial charge in [-0.15, -0.1) is 24.0 Å². The lowest BCUT2D eigenvalue weighted by Crippen LogP contribution is -2.48. The molecule has 1 saturated carbocycles. The number of hydrogen-bond donors (Lipinski definition) is 1. The molecule has 0 bridgehead atoms. The average molecular weight is 495 g/mol. The first-order valence-corrected chi connectivity index (χ1v) is 9.89. The molecule has 7 heteroatoms. The first-order chi connectivity index (χ1) is 13.2. The van der Waals surface area contributed by atoms with Gasteiger partial charge in [0.1, 0.15) is 6.10 Å². The second-order valence-electron chi connectivity index (χ2n) is 7.57. The molecule has 0 radical (unpaired) electrons. The molecule has 152 valence electrons. The molecule has 28 heavy (non-hydrogen) atoms. The molecule has 4 rings (SSSR count). The largest absolute Gasteiger partial charge is 0.370 e. The summed E-state index contributed by atoms with van der Waals surface area (Å²) in [5.41, 5.74) is 2.78. The highest BCUT2D eigenvalue weighted by molar-refractivity contribution is 14.0. The third kappa shape index (κ3) is 4.68. The SMILES string of the molecule is CCNC(=NCC1(c2ccccc2)CC1)N1CCOC(c2cnn(C)c2)C1.I. The van der Waals surface area contributed by atoms with Crippen LogP contribution in [0.4, 0.5) is 0 Å². The zero-order valence-electron chi connectivity index (χ0n) is 16.7. The summed E-state index contributed by atoms with van der Waals surface area (Å²) in [5, 5.41) is 7.76. The van der Waals surface area contributed by atoms with Crippen molar-refractivity contribution in [2.24, 2.45) is 12.0 Å². The molecule has 1 N–H and O–H groups in total. The van der Waals surface area contributed by atoms with Gasteiger partial charge >= 0.3 is 0 Å². The molecule has 0 amide bonds. The van der Waals surface area contributed by atoms with Crippen molar-refractivity contribution < 1.29 is 4.74 Å². The Hall–Kier alpha value is -1.61. The van der Waals surface area contributed by atoms with Crippen molar-refractivity contribution in [1.29, 1.82) is 0 Å². The minimum Gasteiger partial charge on any atom is -0.370 e. The summed E-state index contributed by atoms with van der Waals surface area (Å²) in [7, 11) is 1.94. The van der Waals surface area contributed by atoms with Gasteiger partial charge in [0.05, 0.1) is 25.9 Å². The molecule has 2 aromatic rings. The molecule has 2 fully saturated rings. The molecule has 1 saturated heterocycles. The van der Waals surface area contributed by atoms with E-state index in [1.54, 1.807) is 0 Å². The third-order valence-electron chi connectivity index (χ3n) is 5.57. The topological polar surface area (TPSA) is 54.7 Å². The highest BCUT2D eigenvalue weighted by atomic mass is 127. The van der Waals surface area contributed by atoms with Crippen molar-refractivity contribution in [3.8, 4) is 0 Å². The van der Waals surface area contributed by atoms with Crippen molar-refractivity contribution in [1.82, 2.24) is 20.0 Å². The molecule has 2 heterocycles. The predicted octanol–water partition coefficient (Wildman–Crippen LogP) is 3.11. The standard InChI is InChI=1S/C21H29N5O.HI/c1-3-22-20(23-16-21(9-10-21)18-7-5-4-6-8-18)26-11-12-27-19(15-26)17-13-24-25(2)14-17;/h4-8,13-14,19H,3,9-12,15-16H2,1-2H3,(H,22,23);1H. The fourth-order valence-electron chi connectivity index (χ4n) is 3.78. The van der Waals surface area contributed by atoms with Crippen molar-refractivity contribution in [3.63, 3.8) is 0 Å². The predicted molar refractivity (Wildman–Crippen MR) is 122 cm³/mol. The smallest absolute Gasteiger partial charge is 0.194 e. The number of nitrogens with one attached hydrogen (secondary N) is 1. The van der Waals surface area contributed by atoms with Crippen LogP contribution in [0.3, 0.4) is 0 Å². The van der Waals surface area contributed by atoms with Gasteiger partial charge in [-0.25, -0.2) is 0 Å². The summed E-state index contributed by atoms with van der Waals surface area (Å²) in [4.78, 5) is 7.36. The number of benzene rings is 1. The molecule has 1 unspecified atom stereocenters. The Morgan fingerprint density at radius 3 is 2.75 bits per heavy atom. The van der Waals surface area contributed by atoms with E-state index in [4.69, 9.17) is 9.73 Å². The maximum atomic E-state index is 5.99. The van der Waals surface area contributed by atoms with Crippen LogP contribution in [0.5, 0.6) is 0 Å². The normalized spacial score (nSPS) is 21.1. The molecule has 1 aromatic heterocycles. The second-order valence-corrected chi connectivity index (χ2v) is 7.57. The third-order valence-corrected chi connectivity index (χ3v) is 5.57. The Kier molecular flexibility index (Phi) is 6.98. The lowest BCUT2D eigenvalue weighted by atomic mass is 9.96. The van der Waals surface area contributed by atoms with Crippen LogP contribution >= 0.6 is 24.0 Å². The van der Waals surface area contributed by atoms with Gasteiger partial charge < -0.3 is 15.0 Å². The zero-order chi connectivity index (χ0) is 18.7. The van der Waals surface area contributed by atoms with E-state index >= 15 is 0 Å². The van der Waals surface area contributed by atoms with E-state index in [0.717, 1.165) is 37.7 Å². The minimum atomic E-state index is 0. The van der Waals surface area contributed by atoms with Crippen LogP contribution < -0.4 is 5.32 Å². The number of morpholine rings is 1. The molecular formula is C21H30IN5O. The highest BCUT2D eigenvalue weighted by Crippen LogP contribution is 2.48. The average Bonchev–Trinajstić information content (AvgIpc) is 3.38. The lowest BCUT2D eigenvalue weighted by molar-refractivity contribution is -0.00805. The minimum absolute atomic E-state index is 0. The maximum Gasteiger partial charge on any atom is 0.194 e. The summed E-state index contributed by atoms with van der Waals surface area (Å²) >= 11 is 0. The van der Waals surface area contributed by atoms with Crippen molar-refractivity contribution in [3.05, 3.63) is 53.9 Å². The Balaban J connectivity index is 0.00000225. The Morgan fingerprint density at radius 1 is 1.32 bits per heavy atom. The Labute approximate surface area is 184 Å². The molecule has 1 aliphatic heterocycles. The van der Waals surface area contributed by atoms with E-state index in [2.05, 4.69) is 52.6 Å². The number of guanidine groups is 1. The van der Waals surface area contributed by atoms with Gasteiger partial charge in [-0.1, -0.05) is 30.3 Å². The maximum absolute atomic E-state index is 5.99. The quantitative estimate of drug-likeness (QED) is 0.394. The van der Waals surface area contributed by atoms with Crippen molar-refractivity contribution in [2.75, 3.05) is 32.8 Å². The van der Waals surface area contributed by atoms with E-state index in [1.165, 1.54) is 18.4 Å². The van der Waals surface area contributed by atoms with Crippen LogP contribution in [0.15, 0.2) is 47.7 Å². The molecule has 1 atom stereocenters. The van der Waals surface area contributed by atoms with Gasteiger partial charge in [0.15, 0.2) is 5.96 Å². The molecular weight excluding hydrogens is 465 g/mol. The summed E-state index contributed by atoms with van der Waals surface area (Å²) in [5.74, 6) is 0.997. The molecule has 6 nitrogen and oxygen atoms in total. The van der Waals surface area contributed by atoms with Gasteiger partial charge in [0.2, 0.25) is 0 Å². The Morgan fingerprint density at radius 2 is 2.11 bits per heavy atom. The van der Waals surface area contributed by atoms with E-state index in [9.17, 15) is 0 Å².